The van der Waals surface area contributed by atoms with E-state index in [0.717, 1.165) is 58.6 Å². The van der Waals surface area contributed by atoms with Crippen LogP contribution in [0.2, 0.25) is 0 Å². The van der Waals surface area contributed by atoms with E-state index in [4.69, 9.17) is 9.15 Å². The van der Waals surface area contributed by atoms with Crippen molar-refractivity contribution in [1.29, 1.82) is 0 Å². The number of benzene rings is 2. The number of fused-ring (bicyclic) bond motifs is 2. The third-order valence-corrected chi connectivity index (χ3v) is 6.59. The van der Waals surface area contributed by atoms with E-state index >= 15 is 0 Å². The Hall–Kier alpha value is -4.40. The van der Waals surface area contributed by atoms with Gasteiger partial charge in [0, 0.05) is 11.9 Å². The van der Waals surface area contributed by atoms with E-state index in [1.807, 2.05) is 42.5 Å². The number of hydrogen-bond acceptors (Lipinski definition) is 7. The molecule has 9 heteroatoms. The van der Waals surface area contributed by atoms with Crippen LogP contribution in [-0.2, 0) is 17.8 Å². The van der Waals surface area contributed by atoms with Gasteiger partial charge >= 0.3 is 0 Å². The van der Waals surface area contributed by atoms with Gasteiger partial charge in [-0.2, -0.15) is 0 Å². The van der Waals surface area contributed by atoms with Crippen molar-refractivity contribution in [2.24, 2.45) is 0 Å². The fraction of sp³-hybridized carbons (Fsp3) is 0.259. The molecule has 0 unspecified atom stereocenters. The first-order valence-electron chi connectivity index (χ1n) is 12.1. The molecular weight excluding hydrogens is 456 g/mol. The Labute approximate surface area is 207 Å². The van der Waals surface area contributed by atoms with Crippen LogP contribution >= 0.6 is 0 Å². The van der Waals surface area contributed by atoms with E-state index in [-0.39, 0.29) is 18.4 Å². The van der Waals surface area contributed by atoms with Crippen LogP contribution < -0.4 is 15.0 Å². The molecule has 1 aliphatic rings. The highest BCUT2D eigenvalue weighted by atomic mass is 16.5. The van der Waals surface area contributed by atoms with Crippen LogP contribution in [0.4, 0.5) is 5.82 Å². The van der Waals surface area contributed by atoms with Crippen LogP contribution in [0, 0.1) is 0 Å². The van der Waals surface area contributed by atoms with Crippen molar-refractivity contribution in [2.75, 3.05) is 18.1 Å². The van der Waals surface area contributed by atoms with Gasteiger partial charge in [-0.05, 0) is 48.1 Å². The zero-order valence-corrected chi connectivity index (χ0v) is 19.7. The molecule has 2 N–H and O–H groups in total. The Morgan fingerprint density at radius 1 is 1.17 bits per heavy atom. The molecule has 6 rings (SSSR count). The smallest absolute Gasteiger partial charge is 0.224 e. The van der Waals surface area contributed by atoms with Gasteiger partial charge in [0.1, 0.15) is 30.0 Å². The van der Waals surface area contributed by atoms with Crippen molar-refractivity contribution in [1.82, 2.24) is 25.3 Å². The summed E-state index contributed by atoms with van der Waals surface area (Å²) in [6.07, 6.45) is 7.19. The van der Waals surface area contributed by atoms with E-state index in [1.165, 1.54) is 0 Å². The second kappa shape index (κ2) is 9.69. The highest BCUT2D eigenvalue weighted by Crippen LogP contribution is 2.31. The fourth-order valence-corrected chi connectivity index (χ4v) is 4.82. The zero-order valence-electron chi connectivity index (χ0n) is 19.7. The van der Waals surface area contributed by atoms with Crippen LogP contribution in [0.25, 0.3) is 21.9 Å². The second-order valence-electron chi connectivity index (χ2n) is 8.94. The van der Waals surface area contributed by atoms with E-state index in [1.54, 1.807) is 18.9 Å². The van der Waals surface area contributed by atoms with Crippen molar-refractivity contribution in [3.8, 4) is 5.75 Å². The molecular formula is C27H26N6O3. The number of hydrogen-bond donors (Lipinski definition) is 2. The predicted octanol–water partition coefficient (Wildman–Crippen LogP) is 4.01. The summed E-state index contributed by atoms with van der Waals surface area (Å²) in [4.78, 5) is 30.9. The number of imidazole rings is 1. The third kappa shape index (κ3) is 4.47. The van der Waals surface area contributed by atoms with Gasteiger partial charge in [0.25, 0.3) is 0 Å². The number of nitrogens with zero attached hydrogens (tertiary/aromatic N) is 4. The molecule has 1 fully saturated rings. The van der Waals surface area contributed by atoms with Crippen molar-refractivity contribution >= 4 is 33.7 Å². The maximum Gasteiger partial charge on any atom is 0.224 e. The van der Waals surface area contributed by atoms with Gasteiger partial charge in [0.2, 0.25) is 5.91 Å². The second-order valence-corrected chi connectivity index (χ2v) is 8.94. The lowest BCUT2D eigenvalue weighted by Crippen LogP contribution is -2.35. The van der Waals surface area contributed by atoms with Gasteiger partial charge in [0.05, 0.1) is 31.6 Å². The number of nitrogens with one attached hydrogen (secondary N) is 2. The van der Waals surface area contributed by atoms with Gasteiger partial charge < -0.3 is 24.4 Å². The van der Waals surface area contributed by atoms with Crippen LogP contribution in [0.1, 0.15) is 24.2 Å². The normalized spacial score (nSPS) is 15.6. The van der Waals surface area contributed by atoms with Gasteiger partial charge in [0.15, 0.2) is 11.5 Å². The van der Waals surface area contributed by atoms with Crippen molar-refractivity contribution in [3.05, 3.63) is 78.8 Å². The number of rotatable bonds is 8. The molecule has 1 saturated heterocycles. The number of ether oxygens (including phenoxy) is 1. The Kier molecular flexibility index (Phi) is 5.95. The van der Waals surface area contributed by atoms with Crippen LogP contribution in [0.5, 0.6) is 5.75 Å². The molecule has 9 nitrogen and oxygen atoms in total. The average Bonchev–Trinajstić information content (AvgIpc) is 3.68. The van der Waals surface area contributed by atoms with E-state index in [2.05, 4.69) is 36.2 Å². The first-order chi connectivity index (χ1) is 17.7. The Morgan fingerprint density at radius 2 is 2.14 bits per heavy atom. The van der Waals surface area contributed by atoms with E-state index < -0.39 is 0 Å². The molecule has 1 amide bonds. The lowest BCUT2D eigenvalue weighted by molar-refractivity contribution is -0.120. The number of carbonyl (C=O) groups is 1. The topological polar surface area (TPSA) is 109 Å². The summed E-state index contributed by atoms with van der Waals surface area (Å²) in [7, 11) is 0. The van der Waals surface area contributed by atoms with Crippen LogP contribution in [-0.4, -0.2) is 45.0 Å². The van der Waals surface area contributed by atoms with Gasteiger partial charge in [-0.15, -0.1) is 0 Å². The third-order valence-electron chi connectivity index (χ3n) is 6.59. The van der Waals surface area contributed by atoms with Gasteiger partial charge in [-0.25, -0.2) is 15.0 Å². The van der Waals surface area contributed by atoms with Crippen molar-refractivity contribution in [2.45, 2.75) is 31.8 Å². The largest absolute Gasteiger partial charge is 0.491 e. The molecule has 0 spiro atoms. The zero-order chi connectivity index (χ0) is 24.3. The minimum absolute atomic E-state index is 0.0549. The van der Waals surface area contributed by atoms with Crippen LogP contribution in [0.15, 0.2) is 71.9 Å². The molecule has 3 aromatic heterocycles. The number of aromatic nitrogens is 4. The highest BCUT2D eigenvalue weighted by Gasteiger charge is 2.28. The van der Waals surface area contributed by atoms with Crippen molar-refractivity contribution < 1.29 is 13.9 Å². The summed E-state index contributed by atoms with van der Waals surface area (Å²) in [6.45, 7) is 1.82. The average molecular weight is 483 g/mol. The minimum atomic E-state index is -0.0549. The summed E-state index contributed by atoms with van der Waals surface area (Å²) in [5, 5.41) is 4.97. The maximum absolute atomic E-state index is 12.5. The first-order valence-corrected chi connectivity index (χ1v) is 12.1. The molecule has 1 aliphatic heterocycles. The lowest BCUT2D eigenvalue weighted by Gasteiger charge is -2.26. The fourth-order valence-electron chi connectivity index (χ4n) is 4.82. The van der Waals surface area contributed by atoms with Crippen molar-refractivity contribution in [3.63, 3.8) is 0 Å². The van der Waals surface area contributed by atoms with E-state index in [9.17, 15) is 4.79 Å². The Morgan fingerprint density at radius 3 is 3.06 bits per heavy atom. The highest BCUT2D eigenvalue weighted by molar-refractivity contribution is 5.90. The lowest BCUT2D eigenvalue weighted by atomic mass is 10.0. The molecule has 5 aromatic rings. The molecule has 0 radical (unpaired) electrons. The molecule has 182 valence electrons. The summed E-state index contributed by atoms with van der Waals surface area (Å²) in [5.41, 5.74) is 2.45. The standard InChI is InChI=1S/C27H26N6O3/c34-24(28-14-21-6-3-11-35-21)13-18-8-9-19-4-1-7-23(22(19)12-18)36-15-20-5-2-10-33(20)27-25-26(30-16-29-25)31-17-32-27/h1,3-4,6-9,11-12,16-17,20H,2,5,10,13-15H2,(H,28,34)(H,29,30,31,32)/t20-/m1/s1. The molecule has 1 atom stereocenters. The number of carbonyl (C=O) groups excluding carboxylic acids is 1. The van der Waals surface area contributed by atoms with Gasteiger partial charge in [-0.3, -0.25) is 4.79 Å². The molecule has 0 aliphatic carbocycles. The summed E-state index contributed by atoms with van der Waals surface area (Å²) < 4.78 is 11.7. The van der Waals surface area contributed by atoms with Crippen LogP contribution in [0.3, 0.4) is 0 Å². The first kappa shape index (κ1) is 22.1. The SMILES string of the molecule is O=C(Cc1ccc2cccc(OC[C@H]3CCCN3c3ncnc4nc[nH]c34)c2c1)NCc1ccco1. The number of anilines is 1. The minimum Gasteiger partial charge on any atom is -0.491 e. The molecule has 4 heterocycles. The van der Waals surface area contributed by atoms with E-state index in [0.29, 0.717) is 18.8 Å². The molecule has 36 heavy (non-hydrogen) atoms. The monoisotopic (exact) mass is 482 g/mol. The number of furan rings is 1. The number of H-pyrrole nitrogens is 1. The summed E-state index contributed by atoms with van der Waals surface area (Å²) >= 11 is 0. The summed E-state index contributed by atoms with van der Waals surface area (Å²) in [6, 6.07) is 16.0. The number of aromatic amines is 1. The molecule has 2 aromatic carbocycles. The summed E-state index contributed by atoms with van der Waals surface area (Å²) in [5.74, 6) is 2.35. The molecule has 0 bridgehead atoms. The van der Waals surface area contributed by atoms with Gasteiger partial charge in [-0.1, -0.05) is 24.3 Å². The number of amides is 1. The quantitative estimate of drug-likeness (QED) is 0.344. The Bertz CT molecular complexity index is 1500. The molecule has 0 saturated carbocycles. The maximum atomic E-state index is 12.5. The predicted molar refractivity (Wildman–Crippen MR) is 136 cm³/mol. The Balaban J connectivity index is 1.16.